The summed E-state index contributed by atoms with van der Waals surface area (Å²) >= 11 is 0. The first-order valence-corrected chi connectivity index (χ1v) is 7.80. The summed E-state index contributed by atoms with van der Waals surface area (Å²) in [7, 11) is 4.03. The molecule has 0 radical (unpaired) electrons. The van der Waals surface area contributed by atoms with E-state index in [1.165, 1.54) is 19.3 Å². The molecule has 1 atom stereocenters. The third-order valence-corrected chi connectivity index (χ3v) is 4.88. The number of rotatable bonds is 2. The van der Waals surface area contributed by atoms with Crippen molar-refractivity contribution < 1.29 is 4.79 Å². The van der Waals surface area contributed by atoms with Crippen molar-refractivity contribution in [2.45, 2.75) is 57.5 Å². The SMILES string of the molecule is CNC1CCC(N(C)C(=O)N2CCCC(C)C2)CC1. The van der Waals surface area contributed by atoms with Gasteiger partial charge in [0.15, 0.2) is 0 Å². The summed E-state index contributed by atoms with van der Waals surface area (Å²) in [5.41, 5.74) is 0. The van der Waals surface area contributed by atoms with Gasteiger partial charge in [0.05, 0.1) is 0 Å². The molecule has 4 nitrogen and oxygen atoms in total. The summed E-state index contributed by atoms with van der Waals surface area (Å²) in [5.74, 6) is 0.658. The number of nitrogens with one attached hydrogen (secondary N) is 1. The zero-order valence-electron chi connectivity index (χ0n) is 12.7. The normalized spacial score (nSPS) is 32.2. The maximum absolute atomic E-state index is 12.5. The molecular weight excluding hydrogens is 238 g/mol. The average molecular weight is 267 g/mol. The minimum absolute atomic E-state index is 0.249. The van der Waals surface area contributed by atoms with Crippen molar-refractivity contribution in [3.63, 3.8) is 0 Å². The van der Waals surface area contributed by atoms with E-state index in [0.717, 1.165) is 32.4 Å². The molecule has 19 heavy (non-hydrogen) atoms. The zero-order chi connectivity index (χ0) is 13.8. The van der Waals surface area contributed by atoms with Gasteiger partial charge in [-0.25, -0.2) is 4.79 Å². The van der Waals surface area contributed by atoms with Gasteiger partial charge < -0.3 is 15.1 Å². The summed E-state index contributed by atoms with van der Waals surface area (Å²) in [6.45, 7) is 4.13. The van der Waals surface area contributed by atoms with Crippen LogP contribution in [0.4, 0.5) is 4.79 Å². The molecule has 0 aromatic heterocycles. The van der Waals surface area contributed by atoms with Crippen LogP contribution in [0.25, 0.3) is 0 Å². The average Bonchev–Trinajstić information content (AvgIpc) is 2.46. The highest BCUT2D eigenvalue weighted by molar-refractivity contribution is 5.74. The second-order valence-electron chi connectivity index (χ2n) is 6.38. The van der Waals surface area contributed by atoms with E-state index in [0.29, 0.717) is 18.0 Å². The van der Waals surface area contributed by atoms with Crippen molar-refractivity contribution in [2.24, 2.45) is 5.92 Å². The van der Waals surface area contributed by atoms with E-state index >= 15 is 0 Å². The van der Waals surface area contributed by atoms with Crippen LogP contribution in [0.5, 0.6) is 0 Å². The number of hydrogen-bond donors (Lipinski definition) is 1. The number of carbonyl (C=O) groups excluding carboxylic acids is 1. The molecule has 0 spiro atoms. The molecular formula is C15H29N3O. The van der Waals surface area contributed by atoms with Crippen LogP contribution in [0, 0.1) is 5.92 Å². The molecule has 1 aliphatic heterocycles. The fourth-order valence-corrected chi connectivity index (χ4v) is 3.49. The molecule has 0 aromatic carbocycles. The van der Waals surface area contributed by atoms with Crippen molar-refractivity contribution in [3.8, 4) is 0 Å². The largest absolute Gasteiger partial charge is 0.325 e. The summed E-state index contributed by atoms with van der Waals surface area (Å²) < 4.78 is 0. The Labute approximate surface area is 117 Å². The summed E-state index contributed by atoms with van der Waals surface area (Å²) in [4.78, 5) is 16.6. The first-order valence-electron chi connectivity index (χ1n) is 7.80. The third-order valence-electron chi connectivity index (χ3n) is 4.88. The van der Waals surface area contributed by atoms with E-state index in [2.05, 4.69) is 17.1 Å². The van der Waals surface area contributed by atoms with Gasteiger partial charge in [-0.2, -0.15) is 0 Å². The quantitative estimate of drug-likeness (QED) is 0.833. The number of carbonyl (C=O) groups is 1. The van der Waals surface area contributed by atoms with Crippen LogP contribution in [-0.2, 0) is 0 Å². The highest BCUT2D eigenvalue weighted by Gasteiger charge is 2.29. The van der Waals surface area contributed by atoms with Crippen molar-refractivity contribution >= 4 is 6.03 Å². The topological polar surface area (TPSA) is 35.6 Å². The van der Waals surface area contributed by atoms with Crippen LogP contribution in [0.15, 0.2) is 0 Å². The first-order chi connectivity index (χ1) is 9.11. The Kier molecular flexibility index (Phi) is 5.08. The predicted octanol–water partition coefficient (Wildman–Crippen LogP) is 2.30. The van der Waals surface area contributed by atoms with Crippen molar-refractivity contribution in [3.05, 3.63) is 0 Å². The van der Waals surface area contributed by atoms with E-state index in [1.807, 2.05) is 19.0 Å². The Morgan fingerprint density at radius 2 is 1.89 bits per heavy atom. The summed E-state index contributed by atoms with van der Waals surface area (Å²) in [6.07, 6.45) is 7.08. The predicted molar refractivity (Wildman–Crippen MR) is 78.2 cm³/mol. The fourth-order valence-electron chi connectivity index (χ4n) is 3.49. The number of piperidine rings is 1. The molecule has 2 aliphatic rings. The van der Waals surface area contributed by atoms with Crippen molar-refractivity contribution in [2.75, 3.05) is 27.2 Å². The Morgan fingerprint density at radius 3 is 2.47 bits per heavy atom. The van der Waals surface area contributed by atoms with E-state index in [-0.39, 0.29) is 6.03 Å². The highest BCUT2D eigenvalue weighted by Crippen LogP contribution is 2.24. The molecule has 2 fully saturated rings. The van der Waals surface area contributed by atoms with Crippen LogP contribution in [-0.4, -0.2) is 55.1 Å². The molecule has 1 saturated heterocycles. The van der Waals surface area contributed by atoms with Crippen LogP contribution in [0.1, 0.15) is 45.4 Å². The summed E-state index contributed by atoms with van der Waals surface area (Å²) in [6, 6.07) is 1.34. The number of likely N-dealkylation sites (tertiary alicyclic amines) is 1. The second-order valence-corrected chi connectivity index (χ2v) is 6.38. The Balaban J connectivity index is 1.85. The molecule has 2 amide bonds. The lowest BCUT2D eigenvalue weighted by molar-refractivity contribution is 0.114. The van der Waals surface area contributed by atoms with Gasteiger partial charge in [0.1, 0.15) is 0 Å². The Morgan fingerprint density at radius 1 is 1.21 bits per heavy atom. The van der Waals surface area contributed by atoms with Crippen LogP contribution >= 0.6 is 0 Å². The monoisotopic (exact) mass is 267 g/mol. The molecule has 1 unspecified atom stereocenters. The molecule has 1 heterocycles. The third kappa shape index (κ3) is 3.62. The van der Waals surface area contributed by atoms with Gasteiger partial charge in [0.2, 0.25) is 0 Å². The molecule has 0 bridgehead atoms. The lowest BCUT2D eigenvalue weighted by atomic mass is 9.90. The van der Waals surface area contributed by atoms with Gasteiger partial charge in [-0.1, -0.05) is 6.92 Å². The number of amides is 2. The fraction of sp³-hybridized carbons (Fsp3) is 0.933. The second kappa shape index (κ2) is 6.60. The van der Waals surface area contributed by atoms with Gasteiger partial charge in [0, 0.05) is 32.2 Å². The highest BCUT2D eigenvalue weighted by atomic mass is 16.2. The van der Waals surface area contributed by atoms with Crippen molar-refractivity contribution in [1.82, 2.24) is 15.1 Å². The van der Waals surface area contributed by atoms with E-state index in [1.54, 1.807) is 0 Å². The molecule has 1 aliphatic carbocycles. The molecule has 1 N–H and O–H groups in total. The standard InChI is InChI=1S/C15H29N3O/c1-12-5-4-10-18(11-12)15(19)17(3)14-8-6-13(16-2)7-9-14/h12-14,16H,4-11H2,1-3H3. The lowest BCUT2D eigenvalue weighted by Crippen LogP contribution is -2.50. The molecule has 4 heteroatoms. The Bertz CT molecular complexity index is 300. The maximum Gasteiger partial charge on any atom is 0.319 e. The minimum atomic E-state index is 0.249. The van der Waals surface area contributed by atoms with Crippen LogP contribution < -0.4 is 5.32 Å². The van der Waals surface area contributed by atoms with E-state index in [9.17, 15) is 4.79 Å². The first kappa shape index (κ1) is 14.6. The van der Waals surface area contributed by atoms with Gasteiger partial charge in [-0.3, -0.25) is 0 Å². The van der Waals surface area contributed by atoms with E-state index in [4.69, 9.17) is 0 Å². The molecule has 0 aromatic rings. The summed E-state index contributed by atoms with van der Waals surface area (Å²) in [5, 5.41) is 3.35. The van der Waals surface area contributed by atoms with Crippen LogP contribution in [0.3, 0.4) is 0 Å². The van der Waals surface area contributed by atoms with Gasteiger partial charge in [0.25, 0.3) is 0 Å². The number of hydrogen-bond acceptors (Lipinski definition) is 2. The maximum atomic E-state index is 12.5. The lowest BCUT2D eigenvalue weighted by Gasteiger charge is -2.39. The van der Waals surface area contributed by atoms with Gasteiger partial charge in [-0.15, -0.1) is 0 Å². The minimum Gasteiger partial charge on any atom is -0.325 e. The number of nitrogens with zero attached hydrogens (tertiary/aromatic N) is 2. The van der Waals surface area contributed by atoms with E-state index < -0.39 is 0 Å². The zero-order valence-corrected chi connectivity index (χ0v) is 12.7. The molecule has 2 rings (SSSR count). The smallest absolute Gasteiger partial charge is 0.319 e. The molecule has 110 valence electrons. The van der Waals surface area contributed by atoms with Crippen molar-refractivity contribution in [1.29, 1.82) is 0 Å². The Hall–Kier alpha value is -0.770. The van der Waals surface area contributed by atoms with Gasteiger partial charge in [-0.05, 0) is 51.5 Å². The van der Waals surface area contributed by atoms with Gasteiger partial charge >= 0.3 is 6.03 Å². The van der Waals surface area contributed by atoms with Crippen LogP contribution in [0.2, 0.25) is 0 Å². The molecule has 1 saturated carbocycles. The number of urea groups is 1.